The van der Waals surface area contributed by atoms with E-state index in [1.807, 2.05) is 0 Å². The molecular formula is C14H11ClF3N5O2S. The number of ether oxygens (including phenoxy) is 1. The minimum Gasteiger partial charge on any atom is -0.465 e. The number of alkyl halides is 3. The Morgan fingerprint density at radius 3 is 2.77 bits per heavy atom. The van der Waals surface area contributed by atoms with E-state index in [0.717, 1.165) is 11.3 Å². The molecule has 7 nitrogen and oxygen atoms in total. The van der Waals surface area contributed by atoms with E-state index in [-0.39, 0.29) is 28.8 Å². The summed E-state index contributed by atoms with van der Waals surface area (Å²) in [6, 6.07) is 0. The number of anilines is 3. The van der Waals surface area contributed by atoms with Crippen LogP contribution in [0.1, 0.15) is 17.0 Å². The van der Waals surface area contributed by atoms with Gasteiger partial charge >= 0.3 is 12.1 Å². The SMILES string of the molecule is CNc1nc(Nc2sc([C@]34CC3COC4=O)nc2Cl)ncc1C(F)(F)F. The maximum absolute atomic E-state index is 12.9. The van der Waals surface area contributed by atoms with Crippen LogP contribution in [0.25, 0.3) is 0 Å². The van der Waals surface area contributed by atoms with Crippen molar-refractivity contribution in [1.29, 1.82) is 0 Å². The summed E-state index contributed by atoms with van der Waals surface area (Å²) in [6.07, 6.45) is -3.23. The third-order valence-electron chi connectivity index (χ3n) is 4.41. The molecule has 2 fully saturated rings. The molecule has 0 aromatic carbocycles. The van der Waals surface area contributed by atoms with Crippen molar-refractivity contribution in [3.63, 3.8) is 0 Å². The van der Waals surface area contributed by atoms with Crippen LogP contribution >= 0.6 is 22.9 Å². The molecular weight excluding hydrogens is 395 g/mol. The second kappa shape index (κ2) is 5.68. The molecule has 1 unspecified atom stereocenters. The van der Waals surface area contributed by atoms with Gasteiger partial charge in [-0.3, -0.25) is 4.79 Å². The van der Waals surface area contributed by atoms with E-state index in [2.05, 4.69) is 25.6 Å². The molecule has 0 spiro atoms. The average molecular weight is 406 g/mol. The van der Waals surface area contributed by atoms with Crippen molar-refractivity contribution in [1.82, 2.24) is 15.0 Å². The van der Waals surface area contributed by atoms with Gasteiger partial charge in [0.2, 0.25) is 5.95 Å². The van der Waals surface area contributed by atoms with Crippen molar-refractivity contribution in [3.05, 3.63) is 21.9 Å². The highest BCUT2D eigenvalue weighted by Gasteiger charge is 2.69. The Bertz CT molecular complexity index is 905. The van der Waals surface area contributed by atoms with Crippen LogP contribution in [0.4, 0.5) is 29.9 Å². The van der Waals surface area contributed by atoms with Gasteiger partial charge in [-0.2, -0.15) is 18.2 Å². The zero-order valence-electron chi connectivity index (χ0n) is 13.1. The number of nitrogens with one attached hydrogen (secondary N) is 2. The van der Waals surface area contributed by atoms with Gasteiger partial charge in [0.15, 0.2) is 5.15 Å². The number of rotatable bonds is 4. The molecule has 26 heavy (non-hydrogen) atoms. The van der Waals surface area contributed by atoms with E-state index >= 15 is 0 Å². The van der Waals surface area contributed by atoms with Gasteiger partial charge in [0, 0.05) is 19.2 Å². The van der Waals surface area contributed by atoms with Gasteiger partial charge in [-0.25, -0.2) is 9.97 Å². The topological polar surface area (TPSA) is 89.0 Å². The highest BCUT2D eigenvalue weighted by atomic mass is 35.5. The number of nitrogens with zero attached hydrogens (tertiary/aromatic N) is 3. The molecule has 2 aromatic rings. The fourth-order valence-corrected chi connectivity index (χ4v) is 4.36. The Labute approximate surface area is 154 Å². The first-order valence-electron chi connectivity index (χ1n) is 7.48. The second-order valence-electron chi connectivity index (χ2n) is 5.94. The van der Waals surface area contributed by atoms with Gasteiger partial charge < -0.3 is 15.4 Å². The Morgan fingerprint density at radius 2 is 2.19 bits per heavy atom. The quantitative estimate of drug-likeness (QED) is 0.755. The number of hydrogen-bond donors (Lipinski definition) is 2. The fraction of sp³-hybridized carbons (Fsp3) is 0.429. The monoisotopic (exact) mass is 405 g/mol. The van der Waals surface area contributed by atoms with Crippen LogP contribution in [0, 0.1) is 5.92 Å². The summed E-state index contributed by atoms with van der Waals surface area (Å²) < 4.78 is 43.8. The van der Waals surface area contributed by atoms with Crippen LogP contribution in [0.15, 0.2) is 6.20 Å². The van der Waals surface area contributed by atoms with E-state index in [1.165, 1.54) is 7.05 Å². The number of fused-ring (bicyclic) bond motifs is 1. The number of carbonyl (C=O) groups is 1. The van der Waals surface area contributed by atoms with E-state index in [1.54, 1.807) is 0 Å². The van der Waals surface area contributed by atoms with Crippen LogP contribution in [0.2, 0.25) is 5.15 Å². The maximum Gasteiger partial charge on any atom is 0.421 e. The van der Waals surface area contributed by atoms with Gasteiger partial charge in [-0.1, -0.05) is 22.9 Å². The molecule has 1 saturated carbocycles. The number of esters is 1. The summed E-state index contributed by atoms with van der Waals surface area (Å²) in [5.41, 5.74) is -1.71. The Balaban J connectivity index is 1.62. The minimum absolute atomic E-state index is 0.0710. The molecule has 2 aromatic heterocycles. The van der Waals surface area contributed by atoms with Crippen molar-refractivity contribution >= 4 is 45.7 Å². The predicted molar refractivity (Wildman–Crippen MR) is 87.7 cm³/mol. The lowest BCUT2D eigenvalue weighted by atomic mass is 10.1. The second-order valence-corrected chi connectivity index (χ2v) is 7.30. The first kappa shape index (κ1) is 17.3. The normalized spacial score (nSPS) is 24.2. The summed E-state index contributed by atoms with van der Waals surface area (Å²) in [4.78, 5) is 23.7. The van der Waals surface area contributed by atoms with Crippen molar-refractivity contribution < 1.29 is 22.7 Å². The van der Waals surface area contributed by atoms with E-state index in [4.69, 9.17) is 16.3 Å². The van der Waals surface area contributed by atoms with E-state index in [0.29, 0.717) is 29.2 Å². The van der Waals surface area contributed by atoms with Crippen LogP contribution in [-0.2, 0) is 21.1 Å². The van der Waals surface area contributed by atoms with Crippen molar-refractivity contribution in [2.24, 2.45) is 5.92 Å². The Kier molecular flexibility index (Phi) is 3.77. The van der Waals surface area contributed by atoms with E-state index < -0.39 is 17.2 Å². The zero-order chi connectivity index (χ0) is 18.7. The standard InChI is InChI=1S/C14H11ClF3N5O2S/c1-19-8-6(14(16,17)18)3-20-12(22-8)23-9-7(15)21-10(26-9)13-2-5(13)4-25-11(13)24/h3,5H,2,4H2,1H3,(H2,19,20,22,23)/t5?,13-/m0/s1. The average Bonchev–Trinajstić information content (AvgIpc) is 3.10. The molecule has 2 N–H and O–H groups in total. The molecule has 1 aliphatic carbocycles. The summed E-state index contributed by atoms with van der Waals surface area (Å²) in [5.74, 6) is -0.652. The van der Waals surface area contributed by atoms with Gasteiger partial charge in [0.1, 0.15) is 26.8 Å². The van der Waals surface area contributed by atoms with Gasteiger partial charge in [-0.15, -0.1) is 0 Å². The van der Waals surface area contributed by atoms with Crippen LogP contribution < -0.4 is 10.6 Å². The lowest BCUT2D eigenvalue weighted by Crippen LogP contribution is -2.18. The molecule has 3 heterocycles. The summed E-state index contributed by atoms with van der Waals surface area (Å²) >= 11 is 7.25. The van der Waals surface area contributed by atoms with Crippen LogP contribution in [-0.4, -0.2) is 34.6 Å². The first-order valence-corrected chi connectivity index (χ1v) is 8.68. The molecule has 1 saturated heterocycles. The smallest absolute Gasteiger partial charge is 0.421 e. The lowest BCUT2D eigenvalue weighted by Gasteiger charge is -2.12. The fourth-order valence-electron chi connectivity index (χ4n) is 2.95. The van der Waals surface area contributed by atoms with Crippen LogP contribution in [0.5, 0.6) is 0 Å². The molecule has 12 heteroatoms. The summed E-state index contributed by atoms with van der Waals surface area (Å²) in [6.45, 7) is 0.367. The first-order chi connectivity index (χ1) is 12.3. The van der Waals surface area contributed by atoms with Crippen LogP contribution in [0.3, 0.4) is 0 Å². The zero-order valence-corrected chi connectivity index (χ0v) is 14.7. The number of aromatic nitrogens is 3. The van der Waals surface area contributed by atoms with Crippen molar-refractivity contribution in [3.8, 4) is 0 Å². The number of carbonyl (C=O) groups excluding carboxylic acids is 1. The van der Waals surface area contributed by atoms with Gasteiger partial charge in [-0.05, 0) is 6.42 Å². The number of halogens is 4. The molecule has 138 valence electrons. The number of hydrogen-bond acceptors (Lipinski definition) is 8. The highest BCUT2D eigenvalue weighted by molar-refractivity contribution is 7.16. The third kappa shape index (κ3) is 2.57. The third-order valence-corrected chi connectivity index (χ3v) is 5.94. The molecule has 2 aliphatic rings. The highest BCUT2D eigenvalue weighted by Crippen LogP contribution is 2.60. The number of cyclic esters (lactones) is 1. The largest absolute Gasteiger partial charge is 0.465 e. The summed E-state index contributed by atoms with van der Waals surface area (Å²) in [7, 11) is 1.33. The van der Waals surface area contributed by atoms with Crippen molar-refractivity contribution in [2.45, 2.75) is 18.0 Å². The minimum atomic E-state index is -4.57. The molecule has 4 rings (SSSR count). The molecule has 1 aliphatic heterocycles. The Hall–Kier alpha value is -2.14. The lowest BCUT2D eigenvalue weighted by molar-refractivity contribution is -0.142. The van der Waals surface area contributed by atoms with Gasteiger partial charge in [0.25, 0.3) is 0 Å². The van der Waals surface area contributed by atoms with E-state index in [9.17, 15) is 18.0 Å². The predicted octanol–water partition coefficient (Wildman–Crippen LogP) is 3.21. The molecule has 0 radical (unpaired) electrons. The maximum atomic E-state index is 12.9. The molecule has 0 bridgehead atoms. The van der Waals surface area contributed by atoms with Crippen molar-refractivity contribution in [2.75, 3.05) is 24.3 Å². The molecule has 2 atom stereocenters. The summed E-state index contributed by atoms with van der Waals surface area (Å²) in [5, 5.41) is 6.13. The number of thiazole rings is 1. The molecule has 0 amide bonds. The Morgan fingerprint density at radius 1 is 1.42 bits per heavy atom. The van der Waals surface area contributed by atoms with Gasteiger partial charge in [0.05, 0.1) is 6.61 Å².